The first-order chi connectivity index (χ1) is 10.7. The molecule has 1 rings (SSSR count). The van der Waals surface area contributed by atoms with Crippen molar-refractivity contribution in [3.05, 3.63) is 35.9 Å². The minimum Gasteiger partial charge on any atom is -0.444 e. The highest BCUT2D eigenvalue weighted by Crippen LogP contribution is 2.35. The Morgan fingerprint density at radius 2 is 1.91 bits per heavy atom. The molecule has 0 heterocycles. The van der Waals surface area contributed by atoms with E-state index < -0.39 is 31.9 Å². The number of amides is 2. The third-order valence-corrected chi connectivity index (χ3v) is 3.59. The van der Waals surface area contributed by atoms with E-state index in [1.807, 2.05) is 0 Å². The molecular formula is C14H21N2O6P. The van der Waals surface area contributed by atoms with Crippen LogP contribution in [0.3, 0.4) is 0 Å². The summed E-state index contributed by atoms with van der Waals surface area (Å²) in [5.74, 6) is -0.867. The highest BCUT2D eigenvalue weighted by atomic mass is 31.2. The first kappa shape index (κ1) is 19.3. The summed E-state index contributed by atoms with van der Waals surface area (Å²) in [6, 6.07) is 7.70. The van der Waals surface area contributed by atoms with E-state index in [4.69, 9.17) is 20.3 Å². The van der Waals surface area contributed by atoms with E-state index in [1.165, 1.54) is 0 Å². The van der Waals surface area contributed by atoms with Crippen molar-refractivity contribution in [2.45, 2.75) is 32.4 Å². The van der Waals surface area contributed by atoms with E-state index in [0.717, 1.165) is 0 Å². The molecule has 2 amide bonds. The summed E-state index contributed by atoms with van der Waals surface area (Å²) in [4.78, 5) is 42.6. The molecule has 1 atom stereocenters. The van der Waals surface area contributed by atoms with E-state index in [-0.39, 0.29) is 6.61 Å². The van der Waals surface area contributed by atoms with Gasteiger partial charge in [0.25, 0.3) is 0 Å². The summed E-state index contributed by atoms with van der Waals surface area (Å²) in [7, 11) is -4.64. The number of nitrogens with zero attached hydrogens (tertiary/aromatic N) is 1. The van der Waals surface area contributed by atoms with Crippen LogP contribution in [0.5, 0.6) is 0 Å². The Labute approximate surface area is 134 Å². The summed E-state index contributed by atoms with van der Waals surface area (Å²) in [6.45, 7) is 1.68. The average molecular weight is 344 g/mol. The predicted octanol–water partition coefficient (Wildman–Crippen LogP) is 1.41. The van der Waals surface area contributed by atoms with E-state index in [2.05, 4.69) is 0 Å². The summed E-state index contributed by atoms with van der Waals surface area (Å²) < 4.78 is 16.1. The Morgan fingerprint density at radius 1 is 1.30 bits per heavy atom. The van der Waals surface area contributed by atoms with Gasteiger partial charge in [0.15, 0.2) is 0 Å². The van der Waals surface area contributed by atoms with Crippen LogP contribution in [0.25, 0.3) is 0 Å². The van der Waals surface area contributed by atoms with Gasteiger partial charge in [-0.15, -0.1) is 0 Å². The molecule has 23 heavy (non-hydrogen) atoms. The van der Waals surface area contributed by atoms with Crippen LogP contribution in [0, 0.1) is 0 Å². The SMILES string of the molecule is CCC[C@H](N)C(=O)N(CP(=O)(O)O)C(=O)OCc1ccccc1. The van der Waals surface area contributed by atoms with Crippen molar-refractivity contribution in [1.29, 1.82) is 0 Å². The van der Waals surface area contributed by atoms with Crippen LogP contribution in [0.1, 0.15) is 25.3 Å². The van der Waals surface area contributed by atoms with Crippen molar-refractivity contribution in [1.82, 2.24) is 4.90 Å². The van der Waals surface area contributed by atoms with Gasteiger partial charge in [0, 0.05) is 0 Å². The van der Waals surface area contributed by atoms with E-state index >= 15 is 0 Å². The molecule has 0 aromatic heterocycles. The van der Waals surface area contributed by atoms with Gasteiger partial charge in [-0.05, 0) is 12.0 Å². The molecule has 8 nitrogen and oxygen atoms in total. The summed E-state index contributed by atoms with van der Waals surface area (Å²) in [5.41, 5.74) is 6.32. The van der Waals surface area contributed by atoms with Gasteiger partial charge in [0.05, 0.1) is 6.04 Å². The number of benzene rings is 1. The monoisotopic (exact) mass is 344 g/mol. The van der Waals surface area contributed by atoms with Crippen molar-refractivity contribution in [2.24, 2.45) is 5.73 Å². The van der Waals surface area contributed by atoms with Crippen molar-refractivity contribution in [2.75, 3.05) is 6.29 Å². The lowest BCUT2D eigenvalue weighted by molar-refractivity contribution is -0.130. The second-order valence-corrected chi connectivity index (χ2v) is 6.62. The largest absolute Gasteiger partial charge is 0.444 e. The van der Waals surface area contributed by atoms with Crippen molar-refractivity contribution in [3.8, 4) is 0 Å². The number of rotatable bonds is 7. The smallest absolute Gasteiger partial charge is 0.417 e. The number of carbonyl (C=O) groups excluding carboxylic acids is 2. The number of ether oxygens (including phenoxy) is 1. The van der Waals surface area contributed by atoms with Crippen molar-refractivity contribution < 1.29 is 28.7 Å². The Morgan fingerprint density at radius 3 is 2.43 bits per heavy atom. The number of carbonyl (C=O) groups is 2. The molecule has 0 saturated heterocycles. The maximum absolute atomic E-state index is 12.1. The maximum atomic E-state index is 12.1. The summed E-state index contributed by atoms with van der Waals surface area (Å²) >= 11 is 0. The average Bonchev–Trinajstić information content (AvgIpc) is 2.50. The topological polar surface area (TPSA) is 130 Å². The zero-order chi connectivity index (χ0) is 17.5. The van der Waals surface area contributed by atoms with Crippen LogP contribution >= 0.6 is 7.60 Å². The highest BCUT2D eigenvalue weighted by Gasteiger charge is 2.33. The van der Waals surface area contributed by atoms with Crippen LogP contribution < -0.4 is 5.73 Å². The van der Waals surface area contributed by atoms with Crippen LogP contribution in [0.15, 0.2) is 30.3 Å². The fourth-order valence-electron chi connectivity index (χ4n) is 1.83. The molecule has 128 valence electrons. The molecule has 4 N–H and O–H groups in total. The number of imide groups is 1. The molecule has 9 heteroatoms. The minimum absolute atomic E-state index is 0.117. The Hall–Kier alpha value is -1.73. The Balaban J connectivity index is 2.79. The standard InChI is InChI=1S/C14H21N2O6P/c1-2-6-12(15)13(17)16(10-23(19,20)21)14(18)22-9-11-7-4-3-5-8-11/h3-5,7-8,12H,2,6,9-10,15H2,1H3,(H2,19,20,21)/t12-/m0/s1. The van der Waals surface area contributed by atoms with Gasteiger partial charge in [-0.25, -0.2) is 9.69 Å². The second kappa shape index (κ2) is 8.79. The van der Waals surface area contributed by atoms with E-state index in [1.54, 1.807) is 37.3 Å². The zero-order valence-corrected chi connectivity index (χ0v) is 13.7. The Kier molecular flexibility index (Phi) is 7.38. The molecule has 1 aromatic carbocycles. The molecule has 0 aliphatic carbocycles. The molecule has 0 fully saturated rings. The first-order valence-electron chi connectivity index (χ1n) is 7.06. The number of hydrogen-bond donors (Lipinski definition) is 3. The van der Waals surface area contributed by atoms with Gasteiger partial charge in [-0.1, -0.05) is 43.7 Å². The number of hydrogen-bond acceptors (Lipinski definition) is 5. The third-order valence-electron chi connectivity index (χ3n) is 2.93. The van der Waals surface area contributed by atoms with Crippen molar-refractivity contribution >= 4 is 19.6 Å². The first-order valence-corrected chi connectivity index (χ1v) is 8.86. The van der Waals surface area contributed by atoms with Gasteiger partial charge < -0.3 is 20.3 Å². The molecule has 0 aliphatic rings. The molecule has 1 aromatic rings. The fourth-order valence-corrected chi connectivity index (χ4v) is 2.46. The lowest BCUT2D eigenvalue weighted by Crippen LogP contribution is -2.47. The van der Waals surface area contributed by atoms with Gasteiger partial charge in [-0.2, -0.15) is 0 Å². The normalized spacial score (nSPS) is 12.5. The van der Waals surface area contributed by atoms with Crippen LogP contribution in [0.2, 0.25) is 0 Å². The fraction of sp³-hybridized carbons (Fsp3) is 0.429. The van der Waals surface area contributed by atoms with Crippen molar-refractivity contribution in [3.63, 3.8) is 0 Å². The molecule has 0 saturated carbocycles. The van der Waals surface area contributed by atoms with E-state index in [9.17, 15) is 14.2 Å². The number of nitrogens with two attached hydrogens (primary N) is 1. The van der Waals surface area contributed by atoms with Gasteiger partial charge >= 0.3 is 13.7 Å². The second-order valence-electron chi connectivity index (χ2n) is 5.01. The highest BCUT2D eigenvalue weighted by molar-refractivity contribution is 7.51. The molecular weight excluding hydrogens is 323 g/mol. The third kappa shape index (κ3) is 6.92. The summed E-state index contributed by atoms with van der Waals surface area (Å²) in [5, 5.41) is 0. The zero-order valence-electron chi connectivity index (χ0n) is 12.8. The van der Waals surface area contributed by atoms with Crippen LogP contribution in [-0.2, 0) is 20.7 Å². The van der Waals surface area contributed by atoms with Crippen LogP contribution in [0.4, 0.5) is 4.79 Å². The van der Waals surface area contributed by atoms with Gasteiger partial charge in [0.1, 0.15) is 12.9 Å². The van der Waals surface area contributed by atoms with Gasteiger partial charge in [-0.3, -0.25) is 9.36 Å². The maximum Gasteiger partial charge on any atom is 0.417 e. The molecule has 0 radical (unpaired) electrons. The van der Waals surface area contributed by atoms with Crippen LogP contribution in [-0.4, -0.2) is 39.0 Å². The molecule has 0 aliphatic heterocycles. The predicted molar refractivity (Wildman–Crippen MR) is 83.3 cm³/mol. The lowest BCUT2D eigenvalue weighted by atomic mass is 10.1. The summed E-state index contributed by atoms with van der Waals surface area (Å²) in [6.07, 6.45) is -1.30. The van der Waals surface area contributed by atoms with E-state index in [0.29, 0.717) is 23.3 Å². The lowest BCUT2D eigenvalue weighted by Gasteiger charge is -2.23. The van der Waals surface area contributed by atoms with Gasteiger partial charge in [0.2, 0.25) is 5.91 Å². The molecule has 0 bridgehead atoms. The molecule has 0 spiro atoms. The quantitative estimate of drug-likeness (QED) is 0.638. The minimum atomic E-state index is -4.64. The molecule has 0 unspecified atom stereocenters. The Bertz CT molecular complexity index is 574.